The Balaban J connectivity index is 1.47. The average Bonchev–Trinajstić information content (AvgIpc) is 2.50. The van der Waals surface area contributed by atoms with Crippen molar-refractivity contribution in [1.29, 1.82) is 0 Å². The Labute approximate surface area is 130 Å². The summed E-state index contributed by atoms with van der Waals surface area (Å²) in [4.78, 5) is 5.05. The molecule has 2 heterocycles. The monoisotopic (exact) mass is 311 g/mol. The fourth-order valence-electron chi connectivity index (χ4n) is 2.89. The molecule has 110 valence electrons. The van der Waals surface area contributed by atoms with Gasteiger partial charge in [0.2, 0.25) is 0 Å². The van der Waals surface area contributed by atoms with Crippen molar-refractivity contribution in [2.75, 3.05) is 55.7 Å². The van der Waals surface area contributed by atoms with E-state index in [0.717, 1.165) is 31.2 Å². The molecule has 2 fully saturated rings. The zero-order valence-electron chi connectivity index (χ0n) is 11.7. The minimum atomic E-state index is 0.677. The van der Waals surface area contributed by atoms with Gasteiger partial charge in [-0.2, -0.15) is 11.8 Å². The third-order valence-corrected chi connectivity index (χ3v) is 5.42. The minimum absolute atomic E-state index is 0.677. The van der Waals surface area contributed by atoms with Gasteiger partial charge in [0.15, 0.2) is 0 Å². The molecule has 1 unspecified atom stereocenters. The first kappa shape index (κ1) is 14.5. The van der Waals surface area contributed by atoms with E-state index < -0.39 is 0 Å². The van der Waals surface area contributed by atoms with E-state index in [1.807, 2.05) is 12.1 Å². The Morgan fingerprint density at radius 3 is 2.55 bits per heavy atom. The second kappa shape index (κ2) is 7.03. The van der Waals surface area contributed by atoms with Crippen molar-refractivity contribution < 1.29 is 0 Å². The van der Waals surface area contributed by atoms with E-state index in [0.29, 0.717) is 6.04 Å². The molecule has 0 saturated carbocycles. The molecule has 2 aliphatic heterocycles. The van der Waals surface area contributed by atoms with Gasteiger partial charge in [-0.05, 0) is 24.3 Å². The number of hydrogen-bond acceptors (Lipinski definition) is 4. The highest BCUT2D eigenvalue weighted by Gasteiger charge is 2.21. The quantitative estimate of drug-likeness (QED) is 0.922. The van der Waals surface area contributed by atoms with E-state index in [9.17, 15) is 0 Å². The molecular weight excluding hydrogens is 290 g/mol. The normalized spacial score (nSPS) is 24.9. The zero-order valence-corrected chi connectivity index (χ0v) is 13.3. The number of nitrogens with zero attached hydrogens (tertiary/aromatic N) is 2. The molecule has 0 bridgehead atoms. The van der Waals surface area contributed by atoms with Crippen LogP contribution >= 0.6 is 23.4 Å². The van der Waals surface area contributed by atoms with Crippen LogP contribution in [0.2, 0.25) is 5.02 Å². The van der Waals surface area contributed by atoms with Crippen molar-refractivity contribution in [3.05, 3.63) is 29.3 Å². The Morgan fingerprint density at radius 1 is 1.15 bits per heavy atom. The van der Waals surface area contributed by atoms with Gasteiger partial charge in [0, 0.05) is 67.5 Å². The lowest BCUT2D eigenvalue weighted by molar-refractivity contribution is 0.235. The Morgan fingerprint density at radius 2 is 1.90 bits per heavy atom. The number of halogens is 1. The van der Waals surface area contributed by atoms with E-state index in [2.05, 4.69) is 39.0 Å². The van der Waals surface area contributed by atoms with Crippen molar-refractivity contribution in [1.82, 2.24) is 10.2 Å². The lowest BCUT2D eigenvalue weighted by Crippen LogP contribution is -2.52. The highest BCUT2D eigenvalue weighted by molar-refractivity contribution is 7.99. The van der Waals surface area contributed by atoms with Crippen LogP contribution in [-0.2, 0) is 0 Å². The predicted molar refractivity (Wildman–Crippen MR) is 89.2 cm³/mol. The number of piperazine rings is 1. The maximum atomic E-state index is 5.95. The smallest absolute Gasteiger partial charge is 0.0407 e. The molecule has 1 N–H and O–H groups in total. The van der Waals surface area contributed by atoms with Gasteiger partial charge < -0.3 is 10.2 Å². The molecule has 0 aromatic heterocycles. The average molecular weight is 312 g/mol. The molecule has 2 saturated heterocycles. The fraction of sp³-hybridized carbons (Fsp3) is 0.600. The molecule has 1 aromatic rings. The predicted octanol–water partition coefficient (Wildman–Crippen LogP) is 2.17. The second-order valence-electron chi connectivity index (χ2n) is 5.49. The Kier molecular flexibility index (Phi) is 5.10. The van der Waals surface area contributed by atoms with Gasteiger partial charge >= 0.3 is 0 Å². The van der Waals surface area contributed by atoms with E-state index >= 15 is 0 Å². The number of anilines is 1. The van der Waals surface area contributed by atoms with E-state index in [4.69, 9.17) is 11.6 Å². The van der Waals surface area contributed by atoms with Crippen LogP contribution in [0.15, 0.2) is 24.3 Å². The van der Waals surface area contributed by atoms with Crippen LogP contribution in [0.25, 0.3) is 0 Å². The molecule has 0 amide bonds. The van der Waals surface area contributed by atoms with E-state index in [-0.39, 0.29) is 0 Å². The van der Waals surface area contributed by atoms with Gasteiger partial charge in [-0.3, -0.25) is 4.90 Å². The largest absolute Gasteiger partial charge is 0.369 e. The lowest BCUT2D eigenvalue weighted by Gasteiger charge is -2.38. The molecule has 5 heteroatoms. The summed E-state index contributed by atoms with van der Waals surface area (Å²) in [5.74, 6) is 2.53. The molecule has 0 aliphatic carbocycles. The summed E-state index contributed by atoms with van der Waals surface area (Å²) in [5.41, 5.74) is 1.29. The molecule has 3 nitrogen and oxygen atoms in total. The maximum Gasteiger partial charge on any atom is 0.0407 e. The Bertz CT molecular complexity index is 412. The summed E-state index contributed by atoms with van der Waals surface area (Å²) in [6, 6.07) is 8.88. The third-order valence-electron chi connectivity index (χ3n) is 4.04. The molecule has 0 spiro atoms. The minimum Gasteiger partial charge on any atom is -0.369 e. The first-order valence-corrected chi connectivity index (χ1v) is 8.88. The van der Waals surface area contributed by atoms with Crippen LogP contribution in [0.1, 0.15) is 0 Å². The van der Waals surface area contributed by atoms with Crippen LogP contribution in [0, 0.1) is 0 Å². The van der Waals surface area contributed by atoms with E-state index in [1.54, 1.807) is 0 Å². The number of benzene rings is 1. The SMILES string of the molecule is Clc1ccc(N2CCN(CC3CSCCN3)CC2)cc1. The zero-order chi connectivity index (χ0) is 13.8. The molecule has 0 radical (unpaired) electrons. The van der Waals surface area contributed by atoms with Crippen molar-refractivity contribution in [3.63, 3.8) is 0 Å². The molecular formula is C15H22ClN3S. The summed E-state index contributed by atoms with van der Waals surface area (Å²) >= 11 is 8.02. The summed E-state index contributed by atoms with van der Waals surface area (Å²) in [6.45, 7) is 6.90. The van der Waals surface area contributed by atoms with Crippen molar-refractivity contribution in [2.24, 2.45) is 0 Å². The molecule has 2 aliphatic rings. The highest BCUT2D eigenvalue weighted by Crippen LogP contribution is 2.19. The van der Waals surface area contributed by atoms with Gasteiger partial charge in [-0.25, -0.2) is 0 Å². The van der Waals surface area contributed by atoms with Crippen LogP contribution < -0.4 is 10.2 Å². The topological polar surface area (TPSA) is 18.5 Å². The number of nitrogens with one attached hydrogen (secondary N) is 1. The third kappa shape index (κ3) is 3.82. The van der Waals surface area contributed by atoms with Gasteiger partial charge in [-0.15, -0.1) is 0 Å². The van der Waals surface area contributed by atoms with Gasteiger partial charge in [0.05, 0.1) is 0 Å². The van der Waals surface area contributed by atoms with Gasteiger partial charge in [0.1, 0.15) is 0 Å². The fourth-order valence-corrected chi connectivity index (χ4v) is 3.95. The van der Waals surface area contributed by atoms with Gasteiger partial charge in [0.25, 0.3) is 0 Å². The number of hydrogen-bond donors (Lipinski definition) is 1. The first-order valence-electron chi connectivity index (χ1n) is 7.35. The van der Waals surface area contributed by atoms with Crippen LogP contribution in [0.4, 0.5) is 5.69 Å². The molecule has 1 aromatic carbocycles. The highest BCUT2D eigenvalue weighted by atomic mass is 35.5. The summed E-state index contributed by atoms with van der Waals surface area (Å²) in [7, 11) is 0. The molecule has 1 atom stereocenters. The summed E-state index contributed by atoms with van der Waals surface area (Å²) in [5, 5.41) is 4.44. The number of rotatable bonds is 3. The lowest BCUT2D eigenvalue weighted by atomic mass is 10.2. The standard InChI is InChI=1S/C15H22ClN3S/c16-13-1-3-15(4-2-13)19-8-6-18(7-9-19)11-14-12-20-10-5-17-14/h1-4,14,17H,5-12H2. The van der Waals surface area contributed by atoms with E-state index in [1.165, 1.54) is 30.3 Å². The molecule has 3 rings (SSSR count). The first-order chi connectivity index (χ1) is 9.81. The Hall–Kier alpha value is -0.420. The maximum absolute atomic E-state index is 5.95. The molecule has 20 heavy (non-hydrogen) atoms. The number of thioether (sulfide) groups is 1. The van der Waals surface area contributed by atoms with Gasteiger partial charge in [-0.1, -0.05) is 11.6 Å². The van der Waals surface area contributed by atoms with Crippen LogP contribution in [-0.4, -0.2) is 61.7 Å². The van der Waals surface area contributed by atoms with Crippen molar-refractivity contribution in [2.45, 2.75) is 6.04 Å². The summed E-state index contributed by atoms with van der Waals surface area (Å²) in [6.07, 6.45) is 0. The second-order valence-corrected chi connectivity index (χ2v) is 7.08. The van der Waals surface area contributed by atoms with Crippen LogP contribution in [0.5, 0.6) is 0 Å². The van der Waals surface area contributed by atoms with Crippen molar-refractivity contribution >= 4 is 29.1 Å². The summed E-state index contributed by atoms with van der Waals surface area (Å²) < 4.78 is 0. The van der Waals surface area contributed by atoms with Crippen molar-refractivity contribution in [3.8, 4) is 0 Å². The van der Waals surface area contributed by atoms with Crippen LogP contribution in [0.3, 0.4) is 0 Å².